The Bertz CT molecular complexity index is 1300. The van der Waals surface area contributed by atoms with Gasteiger partial charge in [-0.3, -0.25) is 0 Å². The van der Waals surface area contributed by atoms with Crippen LogP contribution in [0.1, 0.15) is 73.6 Å². The lowest BCUT2D eigenvalue weighted by Gasteiger charge is -2.19. The molecule has 6 heteroatoms. The highest BCUT2D eigenvalue weighted by molar-refractivity contribution is 9.11. The van der Waals surface area contributed by atoms with Gasteiger partial charge in [0.25, 0.3) is 0 Å². The summed E-state index contributed by atoms with van der Waals surface area (Å²) < 4.78 is 14.3. The Morgan fingerprint density at radius 2 is 0.682 bits per heavy atom. The zero-order valence-electron chi connectivity index (χ0n) is 25.1. The van der Waals surface area contributed by atoms with Crippen molar-refractivity contribution in [3.8, 4) is 11.5 Å². The van der Waals surface area contributed by atoms with Gasteiger partial charge in [0, 0.05) is 19.6 Å². The van der Waals surface area contributed by atoms with Crippen LogP contribution in [0.2, 0.25) is 0 Å². The van der Waals surface area contributed by atoms with Crippen LogP contribution in [0.5, 0.6) is 11.5 Å². The number of ether oxygens (including phenoxy) is 2. The predicted octanol–water partition coefficient (Wildman–Crippen LogP) is 12.9. The van der Waals surface area contributed by atoms with Gasteiger partial charge in [-0.2, -0.15) is 0 Å². The van der Waals surface area contributed by atoms with Gasteiger partial charge in [-0.25, -0.2) is 0 Å². The van der Waals surface area contributed by atoms with E-state index in [1.165, 1.54) is 49.7 Å². The molecule has 4 aromatic rings. The van der Waals surface area contributed by atoms with Crippen LogP contribution < -0.4 is 9.47 Å². The lowest BCUT2D eigenvalue weighted by atomic mass is 9.86. The molecule has 0 bridgehead atoms. The molecule has 0 amide bonds. The fraction of sp³-hybridized carbons (Fsp3) is 0.316. The van der Waals surface area contributed by atoms with Crippen molar-refractivity contribution < 1.29 is 9.47 Å². The Balaban J connectivity index is 1.67. The van der Waals surface area contributed by atoms with E-state index < -0.39 is 0 Å². The molecule has 4 rings (SSSR count). The van der Waals surface area contributed by atoms with Crippen molar-refractivity contribution in [2.45, 2.75) is 51.4 Å². The number of alkyl halides is 2. The van der Waals surface area contributed by atoms with Gasteiger partial charge in [0.1, 0.15) is 11.5 Å². The van der Waals surface area contributed by atoms with Crippen molar-refractivity contribution in [2.75, 3.05) is 23.9 Å². The number of benzene rings is 4. The van der Waals surface area contributed by atoms with E-state index in [9.17, 15) is 0 Å². The average Bonchev–Trinajstić information content (AvgIpc) is 3.05. The van der Waals surface area contributed by atoms with Gasteiger partial charge in [0.2, 0.25) is 0 Å². The number of hydrogen-bond acceptors (Lipinski definition) is 2. The quantitative estimate of drug-likeness (QED) is 0.0564. The van der Waals surface area contributed by atoms with Crippen molar-refractivity contribution in [2.24, 2.45) is 0 Å². The van der Waals surface area contributed by atoms with Crippen LogP contribution >= 0.6 is 63.7 Å². The molecule has 0 radical (unpaired) electrons. The Morgan fingerprint density at radius 3 is 1.00 bits per heavy atom. The summed E-state index contributed by atoms with van der Waals surface area (Å²) in [6, 6.07) is 34.3. The molecule has 4 aromatic carbocycles. The maximum Gasteiger partial charge on any atom is 0.119 e. The summed E-state index contributed by atoms with van der Waals surface area (Å²) in [4.78, 5) is 0. The van der Waals surface area contributed by atoms with E-state index >= 15 is 0 Å². The third kappa shape index (κ3) is 11.2. The second-order valence-electron chi connectivity index (χ2n) is 10.7. The molecule has 0 aliphatic rings. The van der Waals surface area contributed by atoms with Crippen LogP contribution in [-0.2, 0) is 0 Å². The maximum absolute atomic E-state index is 6.10. The van der Waals surface area contributed by atoms with Crippen LogP contribution in [0.3, 0.4) is 0 Å². The van der Waals surface area contributed by atoms with Crippen LogP contribution in [0.25, 0.3) is 11.1 Å². The van der Waals surface area contributed by atoms with Crippen LogP contribution in [0.4, 0.5) is 0 Å². The number of halogens is 4. The van der Waals surface area contributed by atoms with Gasteiger partial charge < -0.3 is 9.47 Å². The summed E-state index contributed by atoms with van der Waals surface area (Å²) in [6.45, 7) is 1.49. The Kier molecular flexibility index (Phi) is 15.6. The number of hydrogen-bond donors (Lipinski definition) is 0. The largest absolute Gasteiger partial charge is 0.494 e. The van der Waals surface area contributed by atoms with Crippen molar-refractivity contribution in [3.05, 3.63) is 128 Å². The van der Waals surface area contributed by atoms with Gasteiger partial charge >= 0.3 is 0 Å². The van der Waals surface area contributed by atoms with Gasteiger partial charge in [0.05, 0.1) is 13.2 Å². The van der Waals surface area contributed by atoms with Gasteiger partial charge in [-0.05, 0) is 108 Å². The maximum atomic E-state index is 6.10. The minimum atomic E-state index is 0.743. The molecule has 0 aliphatic heterocycles. The summed E-state index contributed by atoms with van der Waals surface area (Å²) >= 11 is 14.3. The molecule has 0 spiro atoms. The van der Waals surface area contributed by atoms with E-state index in [-0.39, 0.29) is 0 Å². The van der Waals surface area contributed by atoms with Crippen molar-refractivity contribution in [3.63, 3.8) is 0 Å². The fourth-order valence-corrected chi connectivity index (χ4v) is 6.38. The summed E-state index contributed by atoms with van der Waals surface area (Å²) in [5, 5.41) is 2.14. The van der Waals surface area contributed by atoms with E-state index in [2.05, 4.69) is 161 Å². The molecule has 232 valence electrons. The SMILES string of the molecule is BrCCCCCCOc1ccc(/C(=C(\c2ccc(Br)cc2)c2ccc(OCCCCCCBr)cc2)c2ccc(Br)cc2)cc1. The molecule has 0 aliphatic carbocycles. The molecular weight excluding hydrogens is 808 g/mol. The highest BCUT2D eigenvalue weighted by Gasteiger charge is 2.17. The monoisotopic (exact) mass is 844 g/mol. The zero-order valence-corrected chi connectivity index (χ0v) is 31.4. The fourth-order valence-electron chi connectivity index (χ4n) is 5.06. The first-order chi connectivity index (χ1) is 21.6. The minimum Gasteiger partial charge on any atom is -0.494 e. The summed E-state index contributed by atoms with van der Waals surface area (Å²) in [6.07, 6.45) is 9.43. The Hall–Kier alpha value is -1.86. The van der Waals surface area contributed by atoms with Gasteiger partial charge in [-0.1, -0.05) is 138 Å². The molecule has 0 N–H and O–H groups in total. The smallest absolute Gasteiger partial charge is 0.119 e. The average molecular weight is 848 g/mol. The second-order valence-corrected chi connectivity index (χ2v) is 14.1. The molecule has 44 heavy (non-hydrogen) atoms. The number of unbranched alkanes of at least 4 members (excludes halogenated alkanes) is 6. The lowest BCUT2D eigenvalue weighted by Crippen LogP contribution is -2.00. The van der Waals surface area contributed by atoms with Crippen LogP contribution in [-0.4, -0.2) is 23.9 Å². The Labute approximate surface area is 297 Å². The Morgan fingerprint density at radius 1 is 0.386 bits per heavy atom. The summed E-state index contributed by atoms with van der Waals surface area (Å²) in [5.41, 5.74) is 6.91. The molecule has 2 nitrogen and oxygen atoms in total. The molecule has 0 saturated carbocycles. The van der Waals surface area contributed by atoms with Crippen molar-refractivity contribution in [1.82, 2.24) is 0 Å². The van der Waals surface area contributed by atoms with Gasteiger partial charge in [-0.15, -0.1) is 0 Å². The molecule has 0 aromatic heterocycles. The van der Waals surface area contributed by atoms with Crippen molar-refractivity contribution in [1.29, 1.82) is 0 Å². The lowest BCUT2D eigenvalue weighted by molar-refractivity contribution is 0.305. The van der Waals surface area contributed by atoms with E-state index in [0.717, 1.165) is 79.4 Å². The molecular formula is C38H40Br4O2. The van der Waals surface area contributed by atoms with E-state index in [0.29, 0.717) is 0 Å². The number of rotatable bonds is 18. The third-order valence-corrected chi connectivity index (χ3v) is 9.57. The molecule has 0 heterocycles. The topological polar surface area (TPSA) is 18.5 Å². The first-order valence-electron chi connectivity index (χ1n) is 15.4. The van der Waals surface area contributed by atoms with Gasteiger partial charge in [0.15, 0.2) is 0 Å². The standard InChI is InChI=1S/C38H40Br4O2/c39-25-5-1-3-7-27-43-35-21-13-31(14-22-35)37(29-9-17-33(41)18-10-29)38(30-11-19-34(42)20-12-30)32-15-23-36(24-16-32)44-28-8-4-2-6-26-40/h9-24H,1-8,25-28H2/b38-37+. The third-order valence-electron chi connectivity index (χ3n) is 7.40. The van der Waals surface area contributed by atoms with Crippen molar-refractivity contribution >= 4 is 74.9 Å². The minimum absolute atomic E-state index is 0.743. The highest BCUT2D eigenvalue weighted by atomic mass is 79.9. The van der Waals surface area contributed by atoms with E-state index in [1.807, 2.05) is 0 Å². The first kappa shape index (κ1) is 35.0. The van der Waals surface area contributed by atoms with Crippen LogP contribution in [0, 0.1) is 0 Å². The molecule has 0 atom stereocenters. The van der Waals surface area contributed by atoms with E-state index in [1.54, 1.807) is 0 Å². The zero-order chi connectivity index (χ0) is 31.0. The summed E-state index contributed by atoms with van der Waals surface area (Å²) in [7, 11) is 0. The molecule has 0 fully saturated rings. The summed E-state index contributed by atoms with van der Waals surface area (Å²) in [5.74, 6) is 1.81. The molecule has 0 saturated heterocycles. The molecule has 0 unspecified atom stereocenters. The first-order valence-corrected chi connectivity index (χ1v) is 19.3. The highest BCUT2D eigenvalue weighted by Crippen LogP contribution is 2.38. The van der Waals surface area contributed by atoms with Crippen LogP contribution in [0.15, 0.2) is 106 Å². The second kappa shape index (κ2) is 19.6. The normalized spacial score (nSPS) is 11.7. The van der Waals surface area contributed by atoms with E-state index in [4.69, 9.17) is 9.47 Å². The predicted molar refractivity (Wildman–Crippen MR) is 202 cm³/mol.